The zero-order chi connectivity index (χ0) is 43.1. The number of nitrogens with one attached hydrogen (secondary N) is 1. The summed E-state index contributed by atoms with van der Waals surface area (Å²) >= 11 is 0. The minimum absolute atomic E-state index is 0.344. The lowest BCUT2D eigenvalue weighted by atomic mass is 10.00. The van der Waals surface area contributed by atoms with Gasteiger partial charge in [-0.2, -0.15) is 0 Å². The molecule has 0 aromatic heterocycles. The van der Waals surface area contributed by atoms with Crippen LogP contribution in [0.3, 0.4) is 0 Å². The van der Waals surface area contributed by atoms with E-state index < -0.39 is 36.9 Å². The van der Waals surface area contributed by atoms with Gasteiger partial charge in [-0.1, -0.05) is 203 Å². The summed E-state index contributed by atoms with van der Waals surface area (Å²) in [6.07, 6.45) is 59.8. The number of carbonyl (C=O) groups excluding carboxylic acids is 1. The second-order valence-electron chi connectivity index (χ2n) is 17.1. The van der Waals surface area contributed by atoms with Crippen LogP contribution in [0.4, 0.5) is 0 Å². The van der Waals surface area contributed by atoms with Crippen LogP contribution in [-0.2, 0) is 4.79 Å². The van der Waals surface area contributed by atoms with Gasteiger partial charge in [0.25, 0.3) is 0 Å². The number of rotatable bonds is 45. The summed E-state index contributed by atoms with van der Waals surface area (Å²) in [5, 5.41) is 43.8. The highest BCUT2D eigenvalue weighted by Crippen LogP contribution is 2.15. The number of aliphatic hydroxyl groups is 4. The summed E-state index contributed by atoms with van der Waals surface area (Å²) in [7, 11) is 0. The predicted octanol–water partition coefficient (Wildman–Crippen LogP) is 14.0. The quantitative estimate of drug-likeness (QED) is 0.0310. The van der Waals surface area contributed by atoms with E-state index in [1.165, 1.54) is 135 Å². The number of carbonyl (C=O) groups is 1. The van der Waals surface area contributed by atoms with Crippen molar-refractivity contribution >= 4 is 5.91 Å². The molecule has 0 aliphatic heterocycles. The molecule has 0 rings (SSSR count). The summed E-state index contributed by atoms with van der Waals surface area (Å²) in [6.45, 7) is 4.01. The molecule has 6 heteroatoms. The molecule has 344 valence electrons. The maximum absolute atomic E-state index is 12.5. The third-order valence-corrected chi connectivity index (χ3v) is 11.4. The Balaban J connectivity index is 3.78. The van der Waals surface area contributed by atoms with Crippen LogP contribution in [0.5, 0.6) is 0 Å². The van der Waals surface area contributed by atoms with Gasteiger partial charge < -0.3 is 25.7 Å². The molecule has 0 spiro atoms. The highest BCUT2D eigenvalue weighted by atomic mass is 16.3. The van der Waals surface area contributed by atoms with Crippen LogP contribution in [0.25, 0.3) is 0 Å². The fourth-order valence-electron chi connectivity index (χ4n) is 7.41. The van der Waals surface area contributed by atoms with E-state index in [1.54, 1.807) is 0 Å². The summed E-state index contributed by atoms with van der Waals surface area (Å²) in [5.41, 5.74) is 0. The molecule has 0 aromatic rings. The first-order chi connectivity index (χ1) is 29.0. The van der Waals surface area contributed by atoms with Crippen LogP contribution in [0.1, 0.15) is 239 Å². The zero-order valence-electron chi connectivity index (χ0n) is 38.7. The van der Waals surface area contributed by atoms with Crippen molar-refractivity contribution in [3.8, 4) is 0 Å². The van der Waals surface area contributed by atoms with E-state index in [9.17, 15) is 25.2 Å². The number of hydrogen-bond donors (Lipinski definition) is 5. The molecule has 0 saturated heterocycles. The van der Waals surface area contributed by atoms with Crippen LogP contribution < -0.4 is 5.32 Å². The van der Waals surface area contributed by atoms with E-state index in [-0.39, 0.29) is 0 Å². The van der Waals surface area contributed by atoms with Crippen molar-refractivity contribution in [1.29, 1.82) is 0 Å². The molecule has 6 nitrogen and oxygen atoms in total. The molecule has 4 atom stereocenters. The minimum Gasteiger partial charge on any atom is -0.394 e. The van der Waals surface area contributed by atoms with Gasteiger partial charge in [0, 0.05) is 0 Å². The van der Waals surface area contributed by atoms with E-state index in [1.807, 2.05) is 0 Å². The molecule has 0 aromatic carbocycles. The molecular weight excluding hydrogens is 731 g/mol. The van der Waals surface area contributed by atoms with Crippen molar-refractivity contribution in [2.75, 3.05) is 6.61 Å². The number of unbranched alkanes of at least 4 members (excludes halogenated alkanes) is 26. The Bertz CT molecular complexity index is 1020. The van der Waals surface area contributed by atoms with E-state index in [2.05, 4.69) is 79.9 Å². The van der Waals surface area contributed by atoms with Crippen LogP contribution in [-0.4, -0.2) is 57.3 Å². The minimum atomic E-state index is -1.30. The van der Waals surface area contributed by atoms with Gasteiger partial charge in [0.15, 0.2) is 0 Å². The average molecular weight is 828 g/mol. The summed E-state index contributed by atoms with van der Waals surface area (Å²) in [6, 6.07) is -1.02. The van der Waals surface area contributed by atoms with Gasteiger partial charge in [-0.15, -0.1) is 0 Å². The van der Waals surface area contributed by atoms with Crippen LogP contribution in [0.2, 0.25) is 0 Å². The Hall–Kier alpha value is -1.99. The smallest absolute Gasteiger partial charge is 0.249 e. The van der Waals surface area contributed by atoms with E-state index in [0.29, 0.717) is 19.3 Å². The van der Waals surface area contributed by atoms with Crippen molar-refractivity contribution in [3.63, 3.8) is 0 Å². The van der Waals surface area contributed by atoms with Crippen LogP contribution >= 0.6 is 0 Å². The first-order valence-corrected chi connectivity index (χ1v) is 25.2. The lowest BCUT2D eigenvalue weighted by Crippen LogP contribution is -2.53. The molecule has 0 radical (unpaired) electrons. The molecule has 59 heavy (non-hydrogen) atoms. The number of amides is 1. The molecule has 0 heterocycles. The van der Waals surface area contributed by atoms with E-state index in [0.717, 1.165) is 70.6 Å². The molecule has 5 N–H and O–H groups in total. The van der Waals surface area contributed by atoms with Crippen molar-refractivity contribution in [1.82, 2.24) is 5.32 Å². The molecular formula is C53H97NO5. The highest BCUT2D eigenvalue weighted by Gasteiger charge is 2.28. The number of aliphatic hydroxyl groups excluding tert-OH is 4. The zero-order valence-corrected chi connectivity index (χ0v) is 38.7. The largest absolute Gasteiger partial charge is 0.394 e. The first-order valence-electron chi connectivity index (χ1n) is 25.2. The van der Waals surface area contributed by atoms with Gasteiger partial charge in [0.1, 0.15) is 12.2 Å². The van der Waals surface area contributed by atoms with Crippen LogP contribution in [0, 0.1) is 0 Å². The molecule has 0 saturated carbocycles. The van der Waals surface area contributed by atoms with Crippen molar-refractivity contribution in [2.24, 2.45) is 0 Å². The third-order valence-electron chi connectivity index (χ3n) is 11.4. The first kappa shape index (κ1) is 57.0. The Morgan fingerprint density at radius 2 is 0.763 bits per heavy atom. The van der Waals surface area contributed by atoms with Gasteiger partial charge in [0.05, 0.1) is 18.8 Å². The van der Waals surface area contributed by atoms with E-state index >= 15 is 0 Å². The van der Waals surface area contributed by atoms with Gasteiger partial charge in [-0.3, -0.25) is 4.79 Å². The summed E-state index contributed by atoms with van der Waals surface area (Å²) in [4.78, 5) is 12.5. The second-order valence-corrected chi connectivity index (χ2v) is 17.1. The molecule has 1 amide bonds. The van der Waals surface area contributed by atoms with Gasteiger partial charge in [0.2, 0.25) is 5.91 Å². The fraction of sp³-hybridized carbons (Fsp3) is 0.792. The van der Waals surface area contributed by atoms with Crippen LogP contribution in [0.15, 0.2) is 60.8 Å². The van der Waals surface area contributed by atoms with Gasteiger partial charge >= 0.3 is 0 Å². The predicted molar refractivity (Wildman–Crippen MR) is 256 cm³/mol. The standard InChI is InChI=1S/C53H97NO5/c1-3-5-7-9-11-13-15-17-19-21-22-23-24-25-26-27-28-29-30-31-33-34-36-38-40-42-44-46-50(56)52(58)49(48-55)54-53(59)51(57)47-45-43-41-39-37-35-32-20-18-16-14-12-10-8-6-4-2/h12,14,18,20,27-28,31,33,38,40,49-52,55-58H,3-11,13,15-17,19,21-26,29-30,32,34-37,39,41-48H2,1-2H3,(H,54,59)/b14-12-,20-18-,28-27+,33-31+,40-38+. The second kappa shape index (κ2) is 47.1. The molecule has 0 fully saturated rings. The number of allylic oxidation sites excluding steroid dienone is 10. The molecule has 0 aliphatic carbocycles. The fourth-order valence-corrected chi connectivity index (χ4v) is 7.41. The maximum atomic E-state index is 12.5. The van der Waals surface area contributed by atoms with Gasteiger partial charge in [-0.05, 0) is 96.3 Å². The van der Waals surface area contributed by atoms with E-state index in [4.69, 9.17) is 0 Å². The van der Waals surface area contributed by atoms with Crippen molar-refractivity contribution in [2.45, 2.75) is 263 Å². The highest BCUT2D eigenvalue weighted by molar-refractivity contribution is 5.80. The van der Waals surface area contributed by atoms with Crippen molar-refractivity contribution < 1.29 is 25.2 Å². The topological polar surface area (TPSA) is 110 Å². The van der Waals surface area contributed by atoms with Crippen molar-refractivity contribution in [3.05, 3.63) is 60.8 Å². The average Bonchev–Trinajstić information content (AvgIpc) is 3.24. The SMILES string of the molecule is CCCCC/C=C\C/C=C\CCCCCCCCC(O)C(=O)NC(CO)C(O)C(O)CCC/C=C/CC/C=C/CC/C=C/CCCCCCCCCCCCCCCC. The molecule has 0 bridgehead atoms. The Morgan fingerprint density at radius 3 is 1.20 bits per heavy atom. The number of hydrogen-bond acceptors (Lipinski definition) is 5. The summed E-state index contributed by atoms with van der Waals surface area (Å²) in [5.74, 6) is -0.609. The Labute approximate surface area is 365 Å². The molecule has 4 unspecified atom stereocenters. The monoisotopic (exact) mass is 828 g/mol. The molecule has 0 aliphatic rings. The lowest BCUT2D eigenvalue weighted by molar-refractivity contribution is -0.132. The van der Waals surface area contributed by atoms with Gasteiger partial charge in [-0.25, -0.2) is 0 Å². The normalized spacial score (nSPS) is 14.5. The third kappa shape index (κ3) is 41.2. The summed E-state index contributed by atoms with van der Waals surface area (Å²) < 4.78 is 0. The Morgan fingerprint density at radius 1 is 0.424 bits per heavy atom. The maximum Gasteiger partial charge on any atom is 0.249 e. The Kier molecular flexibility index (Phi) is 45.5. The lowest BCUT2D eigenvalue weighted by Gasteiger charge is -2.27.